The molecule has 3 aromatic rings. The highest BCUT2D eigenvalue weighted by Crippen LogP contribution is 2.18. The molecule has 3 N–H and O–H groups in total. The van der Waals surface area contributed by atoms with Crippen molar-refractivity contribution < 1.29 is 9.90 Å². The summed E-state index contributed by atoms with van der Waals surface area (Å²) in [7, 11) is 0. The summed E-state index contributed by atoms with van der Waals surface area (Å²) >= 11 is 0. The Morgan fingerprint density at radius 2 is 1.78 bits per heavy atom. The van der Waals surface area contributed by atoms with E-state index < -0.39 is 23.0 Å². The monoisotopic (exact) mass is 364 g/mol. The van der Waals surface area contributed by atoms with E-state index in [1.54, 1.807) is 61.5 Å². The van der Waals surface area contributed by atoms with Gasteiger partial charge in [-0.1, -0.05) is 36.4 Å². The van der Waals surface area contributed by atoms with Gasteiger partial charge < -0.3 is 5.11 Å². The Kier molecular flexibility index (Phi) is 4.98. The fourth-order valence-electron chi connectivity index (χ4n) is 2.50. The first-order valence-electron chi connectivity index (χ1n) is 8.02. The Balaban J connectivity index is 1.96. The normalized spacial score (nSPS) is 10.9. The molecule has 2 aromatic carbocycles. The maximum Gasteiger partial charge on any atom is 0.335 e. The van der Waals surface area contributed by atoms with Crippen LogP contribution in [-0.2, 0) is 0 Å². The quantitative estimate of drug-likeness (QED) is 0.478. The topological polar surface area (TPSA) is 117 Å². The molecule has 8 nitrogen and oxygen atoms in total. The number of nitrogens with zero attached hydrogens (tertiary/aromatic N) is 2. The highest BCUT2D eigenvalue weighted by atomic mass is 16.3. The number of para-hydroxylation sites is 1. The SMILES string of the molecule is Cc1ccccc1-n1c(O)c(/C=N/NC(=O)c2ccccc2)c(=O)[nH]c1=O. The fourth-order valence-corrected chi connectivity index (χ4v) is 2.50. The third-order valence-corrected chi connectivity index (χ3v) is 3.87. The van der Waals surface area contributed by atoms with E-state index in [1.807, 2.05) is 0 Å². The Bertz CT molecular complexity index is 1130. The number of carbonyl (C=O) groups is 1. The highest BCUT2D eigenvalue weighted by Gasteiger charge is 2.15. The molecule has 0 aliphatic rings. The largest absolute Gasteiger partial charge is 0.493 e. The number of benzene rings is 2. The summed E-state index contributed by atoms with van der Waals surface area (Å²) < 4.78 is 0.969. The second-order valence-corrected chi connectivity index (χ2v) is 5.68. The first kappa shape index (κ1) is 17.9. The Labute approximate surface area is 153 Å². The van der Waals surface area contributed by atoms with Crippen molar-refractivity contribution in [3.63, 3.8) is 0 Å². The average molecular weight is 364 g/mol. The molecule has 0 fully saturated rings. The maximum atomic E-state index is 12.2. The van der Waals surface area contributed by atoms with Crippen molar-refractivity contribution in [1.29, 1.82) is 0 Å². The highest BCUT2D eigenvalue weighted by molar-refractivity contribution is 5.94. The van der Waals surface area contributed by atoms with Crippen molar-refractivity contribution in [3.8, 4) is 11.6 Å². The molecule has 0 unspecified atom stereocenters. The zero-order chi connectivity index (χ0) is 19.4. The molecule has 27 heavy (non-hydrogen) atoms. The van der Waals surface area contributed by atoms with Gasteiger partial charge in [-0.05, 0) is 30.7 Å². The van der Waals surface area contributed by atoms with E-state index in [9.17, 15) is 19.5 Å². The number of hydrogen-bond acceptors (Lipinski definition) is 5. The number of carbonyl (C=O) groups excluding carboxylic acids is 1. The second-order valence-electron chi connectivity index (χ2n) is 5.68. The lowest BCUT2D eigenvalue weighted by Crippen LogP contribution is -2.32. The lowest BCUT2D eigenvalue weighted by Gasteiger charge is -2.11. The van der Waals surface area contributed by atoms with Crippen LogP contribution < -0.4 is 16.7 Å². The molecule has 0 bridgehead atoms. The summed E-state index contributed by atoms with van der Waals surface area (Å²) in [5, 5.41) is 14.2. The van der Waals surface area contributed by atoms with Crippen LogP contribution in [0.5, 0.6) is 5.88 Å². The van der Waals surface area contributed by atoms with Crippen LogP contribution >= 0.6 is 0 Å². The number of hydrazone groups is 1. The third-order valence-electron chi connectivity index (χ3n) is 3.87. The number of rotatable bonds is 4. The van der Waals surface area contributed by atoms with Crippen LogP contribution in [0.3, 0.4) is 0 Å². The van der Waals surface area contributed by atoms with E-state index in [0.29, 0.717) is 11.3 Å². The molecular weight excluding hydrogens is 348 g/mol. The minimum absolute atomic E-state index is 0.258. The van der Waals surface area contributed by atoms with Crippen LogP contribution in [-0.4, -0.2) is 26.8 Å². The molecule has 0 radical (unpaired) electrons. The second kappa shape index (κ2) is 7.52. The van der Waals surface area contributed by atoms with E-state index in [2.05, 4.69) is 15.5 Å². The molecule has 0 aliphatic carbocycles. The lowest BCUT2D eigenvalue weighted by atomic mass is 10.2. The number of aromatic hydroxyl groups is 1. The van der Waals surface area contributed by atoms with Crippen molar-refractivity contribution >= 4 is 12.1 Å². The van der Waals surface area contributed by atoms with Crippen molar-refractivity contribution in [2.75, 3.05) is 0 Å². The Morgan fingerprint density at radius 1 is 1.11 bits per heavy atom. The summed E-state index contributed by atoms with van der Waals surface area (Å²) in [6.07, 6.45) is 0.989. The van der Waals surface area contributed by atoms with Crippen molar-refractivity contribution in [1.82, 2.24) is 15.0 Å². The zero-order valence-corrected chi connectivity index (χ0v) is 14.3. The summed E-state index contributed by atoms with van der Waals surface area (Å²) in [5.41, 5.74) is 1.94. The van der Waals surface area contributed by atoms with Crippen LogP contribution in [0.15, 0.2) is 69.3 Å². The minimum Gasteiger partial charge on any atom is -0.493 e. The van der Waals surface area contributed by atoms with Gasteiger partial charge >= 0.3 is 5.69 Å². The number of nitrogens with one attached hydrogen (secondary N) is 2. The van der Waals surface area contributed by atoms with Gasteiger partial charge in [0.25, 0.3) is 11.5 Å². The number of H-pyrrole nitrogens is 1. The van der Waals surface area contributed by atoms with Crippen molar-refractivity contribution in [2.24, 2.45) is 5.10 Å². The number of hydrogen-bond donors (Lipinski definition) is 3. The average Bonchev–Trinajstić information content (AvgIpc) is 2.66. The Hall–Kier alpha value is -3.94. The molecule has 8 heteroatoms. The van der Waals surface area contributed by atoms with Gasteiger partial charge in [0.2, 0.25) is 5.88 Å². The van der Waals surface area contributed by atoms with Gasteiger partial charge in [-0.2, -0.15) is 5.10 Å². The lowest BCUT2D eigenvalue weighted by molar-refractivity contribution is 0.0955. The molecular formula is C19H16N4O4. The summed E-state index contributed by atoms with van der Waals surface area (Å²) in [5.74, 6) is -1.05. The molecule has 0 spiro atoms. The van der Waals surface area contributed by atoms with Gasteiger partial charge in [0.15, 0.2) is 0 Å². The summed E-state index contributed by atoms with van der Waals surface area (Å²) in [4.78, 5) is 38.3. The van der Waals surface area contributed by atoms with Crippen LogP contribution in [0.4, 0.5) is 0 Å². The van der Waals surface area contributed by atoms with E-state index in [-0.39, 0.29) is 5.56 Å². The molecule has 0 aliphatic heterocycles. The maximum absolute atomic E-state index is 12.2. The van der Waals surface area contributed by atoms with Gasteiger partial charge in [0.1, 0.15) is 5.56 Å². The van der Waals surface area contributed by atoms with E-state index in [4.69, 9.17) is 0 Å². The molecule has 3 rings (SSSR count). The molecule has 136 valence electrons. The van der Waals surface area contributed by atoms with E-state index in [1.165, 1.54) is 0 Å². The van der Waals surface area contributed by atoms with Crippen LogP contribution in [0, 0.1) is 6.92 Å². The molecule has 1 heterocycles. The summed E-state index contributed by atoms with van der Waals surface area (Å²) in [6.45, 7) is 1.76. The predicted molar refractivity (Wildman–Crippen MR) is 101 cm³/mol. The zero-order valence-electron chi connectivity index (χ0n) is 14.3. The molecule has 0 atom stereocenters. The van der Waals surface area contributed by atoms with Gasteiger partial charge in [-0.3, -0.25) is 14.6 Å². The van der Waals surface area contributed by atoms with Crippen molar-refractivity contribution in [3.05, 3.63) is 92.1 Å². The summed E-state index contributed by atoms with van der Waals surface area (Å²) in [6, 6.07) is 15.3. The predicted octanol–water partition coefficient (Wildman–Crippen LogP) is 1.30. The van der Waals surface area contributed by atoms with E-state index in [0.717, 1.165) is 16.3 Å². The number of aryl methyl sites for hydroxylation is 1. The number of amides is 1. The van der Waals surface area contributed by atoms with Crippen LogP contribution in [0.25, 0.3) is 5.69 Å². The first-order chi connectivity index (χ1) is 13.0. The standard InChI is InChI=1S/C19H16N4O4/c1-12-7-5-6-10-15(12)23-18(26)14(17(25)21-19(23)27)11-20-22-16(24)13-8-3-2-4-9-13/h2-11,26H,1H3,(H,22,24)(H,21,25,27)/b20-11+. The van der Waals surface area contributed by atoms with Crippen molar-refractivity contribution in [2.45, 2.75) is 6.92 Å². The molecule has 0 saturated heterocycles. The Morgan fingerprint density at radius 3 is 2.48 bits per heavy atom. The van der Waals surface area contributed by atoms with Gasteiger partial charge in [0, 0.05) is 5.56 Å². The third kappa shape index (κ3) is 3.69. The smallest absolute Gasteiger partial charge is 0.335 e. The number of aromatic nitrogens is 2. The van der Waals surface area contributed by atoms with E-state index >= 15 is 0 Å². The first-order valence-corrected chi connectivity index (χ1v) is 8.02. The molecule has 0 saturated carbocycles. The van der Waals surface area contributed by atoms with Crippen LogP contribution in [0.2, 0.25) is 0 Å². The van der Waals surface area contributed by atoms with Crippen LogP contribution in [0.1, 0.15) is 21.5 Å². The molecule has 1 amide bonds. The number of aromatic amines is 1. The van der Waals surface area contributed by atoms with Gasteiger partial charge in [0.05, 0.1) is 11.9 Å². The minimum atomic E-state index is -0.819. The van der Waals surface area contributed by atoms with Gasteiger partial charge in [-0.25, -0.2) is 14.8 Å². The fraction of sp³-hybridized carbons (Fsp3) is 0.0526. The van der Waals surface area contributed by atoms with Gasteiger partial charge in [-0.15, -0.1) is 0 Å². The molecule has 1 aromatic heterocycles.